The number of nitrogens with zero attached hydrogens (tertiary/aromatic N) is 1. The molecule has 0 saturated heterocycles. The second kappa shape index (κ2) is 9.81. The van der Waals surface area contributed by atoms with E-state index in [0.717, 1.165) is 22.6 Å². The SMILES string of the molecule is O=S1(=O)c2ccccc2S(=O)(=O)c2cc(-c3ccc(N4c5ccccc5B(c5ccccc5)c5ccccc54)cc3)ccc21. The second-order valence-corrected chi connectivity index (χ2v) is 14.7. The van der Waals surface area contributed by atoms with Gasteiger partial charge in [0.15, 0.2) is 0 Å². The highest BCUT2D eigenvalue weighted by Crippen LogP contribution is 2.42. The molecule has 0 fully saturated rings. The molecule has 0 bridgehead atoms. The van der Waals surface area contributed by atoms with Crippen molar-refractivity contribution in [2.45, 2.75) is 19.6 Å². The van der Waals surface area contributed by atoms with Crippen LogP contribution >= 0.6 is 0 Å². The third kappa shape index (κ3) is 3.91. The molecule has 0 radical (unpaired) electrons. The molecule has 6 aromatic carbocycles. The van der Waals surface area contributed by atoms with Crippen molar-refractivity contribution in [1.29, 1.82) is 0 Å². The molecule has 0 N–H and O–H groups in total. The lowest BCUT2D eigenvalue weighted by Gasteiger charge is -2.37. The van der Waals surface area contributed by atoms with Crippen molar-refractivity contribution >= 4 is 59.8 Å². The van der Waals surface area contributed by atoms with Gasteiger partial charge in [-0.25, -0.2) is 16.8 Å². The lowest BCUT2D eigenvalue weighted by molar-refractivity contribution is 0.570. The molecule has 2 aliphatic heterocycles. The molecule has 0 atom stereocenters. The van der Waals surface area contributed by atoms with Crippen molar-refractivity contribution in [3.05, 3.63) is 146 Å². The lowest BCUT2D eigenvalue weighted by Crippen LogP contribution is -2.57. The molecule has 0 saturated carbocycles. The molecule has 8 heteroatoms. The minimum Gasteiger partial charge on any atom is -0.312 e. The van der Waals surface area contributed by atoms with E-state index in [-0.39, 0.29) is 26.3 Å². The summed E-state index contributed by atoms with van der Waals surface area (Å²) in [5.74, 6) is 0. The van der Waals surface area contributed by atoms with Crippen LogP contribution in [0.1, 0.15) is 0 Å². The average molecular weight is 610 g/mol. The molecule has 0 unspecified atom stereocenters. The van der Waals surface area contributed by atoms with Gasteiger partial charge in [0.2, 0.25) is 26.4 Å². The summed E-state index contributed by atoms with van der Waals surface area (Å²) in [7, 11) is -7.97. The Kier molecular flexibility index (Phi) is 5.95. The first kappa shape index (κ1) is 26.7. The second-order valence-electron chi connectivity index (χ2n) is 11.0. The van der Waals surface area contributed by atoms with Gasteiger partial charge in [-0.3, -0.25) is 0 Å². The van der Waals surface area contributed by atoms with E-state index in [1.54, 1.807) is 12.1 Å². The summed E-state index contributed by atoms with van der Waals surface area (Å²) in [4.78, 5) is 1.52. The Morgan fingerprint density at radius 1 is 0.432 bits per heavy atom. The third-order valence-corrected chi connectivity index (χ3v) is 12.5. The van der Waals surface area contributed by atoms with Gasteiger partial charge in [-0.05, 0) is 70.6 Å². The standard InChI is InChI=1S/C36H24BNO4S2/c39-43(40)33-16-8-9-17-34(33)44(41,42)36-24-26(20-23-35(36)43)25-18-21-28(22-19-25)38-31-14-6-4-12-29(31)37(27-10-2-1-3-11-27)30-13-5-7-15-32(30)38/h1-24H. The maximum absolute atomic E-state index is 13.5. The van der Waals surface area contributed by atoms with Crippen molar-refractivity contribution in [1.82, 2.24) is 0 Å². The van der Waals surface area contributed by atoms with Crippen molar-refractivity contribution < 1.29 is 16.8 Å². The zero-order valence-corrected chi connectivity index (χ0v) is 25.0. The average Bonchev–Trinajstić information content (AvgIpc) is 3.07. The molecule has 0 spiro atoms. The van der Waals surface area contributed by atoms with Crippen LogP contribution in [0.2, 0.25) is 0 Å². The van der Waals surface area contributed by atoms with Crippen LogP contribution in [0.15, 0.2) is 165 Å². The van der Waals surface area contributed by atoms with Crippen LogP contribution in [0.4, 0.5) is 17.1 Å². The predicted octanol–water partition coefficient (Wildman–Crippen LogP) is 5.63. The number of para-hydroxylation sites is 2. The highest BCUT2D eigenvalue weighted by molar-refractivity contribution is 7.97. The first-order valence-corrected chi connectivity index (χ1v) is 17.2. The van der Waals surface area contributed by atoms with Crippen molar-refractivity contribution in [2.24, 2.45) is 0 Å². The number of rotatable bonds is 3. The summed E-state index contributed by atoms with van der Waals surface area (Å²) >= 11 is 0. The Morgan fingerprint density at radius 3 is 1.52 bits per heavy atom. The third-order valence-electron chi connectivity index (χ3n) is 8.52. The number of hydrogen-bond acceptors (Lipinski definition) is 5. The lowest BCUT2D eigenvalue weighted by atomic mass is 9.35. The zero-order chi connectivity index (χ0) is 30.1. The van der Waals surface area contributed by atoms with Crippen LogP contribution in [-0.4, -0.2) is 23.5 Å². The Labute approximate surface area is 257 Å². The van der Waals surface area contributed by atoms with Crippen LogP contribution < -0.4 is 21.3 Å². The molecule has 44 heavy (non-hydrogen) atoms. The van der Waals surface area contributed by atoms with Crippen LogP contribution in [0.3, 0.4) is 0 Å². The van der Waals surface area contributed by atoms with Gasteiger partial charge in [0.05, 0.1) is 19.6 Å². The van der Waals surface area contributed by atoms with Crippen molar-refractivity contribution in [2.75, 3.05) is 4.90 Å². The van der Waals surface area contributed by atoms with Crippen molar-refractivity contribution in [3.8, 4) is 11.1 Å². The van der Waals surface area contributed by atoms with E-state index in [2.05, 4.69) is 77.7 Å². The van der Waals surface area contributed by atoms with Gasteiger partial charge < -0.3 is 4.90 Å². The normalized spacial score (nSPS) is 15.5. The summed E-state index contributed by atoms with van der Waals surface area (Å²) in [5, 5.41) is 0. The van der Waals surface area contributed by atoms with Gasteiger partial charge in [-0.2, -0.15) is 0 Å². The van der Waals surface area contributed by atoms with E-state index in [0.29, 0.717) is 5.56 Å². The topological polar surface area (TPSA) is 71.5 Å². The van der Waals surface area contributed by atoms with Gasteiger partial charge in [-0.15, -0.1) is 0 Å². The fourth-order valence-corrected chi connectivity index (χ4v) is 10.7. The first-order valence-electron chi connectivity index (χ1n) is 14.2. The van der Waals surface area contributed by atoms with Crippen LogP contribution in [-0.2, 0) is 19.7 Å². The van der Waals surface area contributed by atoms with E-state index in [1.165, 1.54) is 46.7 Å². The van der Waals surface area contributed by atoms with Gasteiger partial charge in [-0.1, -0.05) is 103 Å². The molecule has 0 aliphatic carbocycles. The molecule has 0 amide bonds. The van der Waals surface area contributed by atoms with Gasteiger partial charge in [0, 0.05) is 17.1 Å². The molecule has 0 aromatic heterocycles. The molecule has 5 nitrogen and oxygen atoms in total. The number of sulfone groups is 2. The minimum absolute atomic E-state index is 0.0953. The molecular formula is C36H24BNO4S2. The van der Waals surface area contributed by atoms with E-state index >= 15 is 0 Å². The van der Waals surface area contributed by atoms with Crippen LogP contribution in [0.5, 0.6) is 0 Å². The van der Waals surface area contributed by atoms with Gasteiger partial charge >= 0.3 is 0 Å². The number of benzene rings is 6. The van der Waals surface area contributed by atoms with Crippen molar-refractivity contribution in [3.63, 3.8) is 0 Å². The summed E-state index contributed by atoms with van der Waals surface area (Å²) in [6.07, 6.45) is 0. The summed E-state index contributed by atoms with van der Waals surface area (Å²) < 4.78 is 53.6. The largest absolute Gasteiger partial charge is 0.312 e. The summed E-state index contributed by atoms with van der Waals surface area (Å²) in [6, 6.07) is 45.7. The Hall–Kier alpha value is -4.92. The van der Waals surface area contributed by atoms with E-state index in [1.807, 2.05) is 30.3 Å². The van der Waals surface area contributed by atoms with Gasteiger partial charge in [0.25, 0.3) is 0 Å². The molecule has 2 aliphatic rings. The summed E-state index contributed by atoms with van der Waals surface area (Å²) in [5.41, 5.74) is 8.20. The maximum atomic E-state index is 13.5. The Balaban J connectivity index is 1.22. The highest BCUT2D eigenvalue weighted by atomic mass is 32.2. The van der Waals surface area contributed by atoms with Crippen LogP contribution in [0.25, 0.3) is 11.1 Å². The van der Waals surface area contributed by atoms with Crippen LogP contribution in [0, 0.1) is 0 Å². The number of fused-ring (bicyclic) bond motifs is 4. The fraction of sp³-hybridized carbons (Fsp3) is 0. The monoisotopic (exact) mass is 609 g/mol. The quantitative estimate of drug-likeness (QED) is 0.243. The minimum atomic E-state index is -4.01. The molecule has 2 heterocycles. The number of anilines is 3. The smallest absolute Gasteiger partial charge is 0.246 e. The van der Waals surface area contributed by atoms with E-state index in [4.69, 9.17) is 0 Å². The molecule has 8 rings (SSSR count). The Morgan fingerprint density at radius 2 is 0.909 bits per heavy atom. The zero-order valence-electron chi connectivity index (χ0n) is 23.3. The number of hydrogen-bond donors (Lipinski definition) is 0. The molecular weight excluding hydrogens is 585 g/mol. The predicted molar refractivity (Wildman–Crippen MR) is 175 cm³/mol. The van der Waals surface area contributed by atoms with Gasteiger partial charge in [0.1, 0.15) is 0 Å². The molecule has 6 aromatic rings. The first-order chi connectivity index (χ1) is 21.4. The summed E-state index contributed by atoms with van der Waals surface area (Å²) in [6.45, 7) is 0.0953. The Bertz CT molecular complexity index is 2270. The highest BCUT2D eigenvalue weighted by Gasteiger charge is 2.39. The maximum Gasteiger partial charge on any atom is 0.246 e. The fourth-order valence-electron chi connectivity index (χ4n) is 6.50. The van der Waals surface area contributed by atoms with E-state index < -0.39 is 19.7 Å². The van der Waals surface area contributed by atoms with E-state index in [9.17, 15) is 16.8 Å². The molecule has 212 valence electrons.